The van der Waals surface area contributed by atoms with E-state index in [4.69, 9.17) is 5.11 Å². The lowest BCUT2D eigenvalue weighted by Crippen LogP contribution is -2.52. The minimum Gasteiger partial charge on any atom is -0.481 e. The predicted molar refractivity (Wildman–Crippen MR) is 71.8 cm³/mol. The molecule has 1 N–H and O–H groups in total. The van der Waals surface area contributed by atoms with Crippen LogP contribution in [-0.4, -0.2) is 53.1 Å². The number of carboxylic acids is 1. The molecule has 2 heterocycles. The molecular formula is C14H24N2O3. The lowest BCUT2D eigenvalue weighted by Gasteiger charge is -2.40. The average Bonchev–Trinajstić information content (AvgIpc) is 2.37. The Kier molecular flexibility index (Phi) is 4.32. The monoisotopic (exact) mass is 268 g/mol. The zero-order valence-corrected chi connectivity index (χ0v) is 11.8. The maximum Gasteiger partial charge on any atom is 0.320 e. The number of piperidine rings is 2. The summed E-state index contributed by atoms with van der Waals surface area (Å²) in [5.41, 5.74) is 0. The normalized spacial score (nSPS) is 32.2. The van der Waals surface area contributed by atoms with E-state index in [1.165, 1.54) is 6.42 Å². The van der Waals surface area contributed by atoms with Crippen LogP contribution in [-0.2, 0) is 4.79 Å². The molecule has 2 amide bonds. The second-order valence-electron chi connectivity index (χ2n) is 6.26. The van der Waals surface area contributed by atoms with Gasteiger partial charge in [-0.2, -0.15) is 0 Å². The molecule has 2 unspecified atom stereocenters. The summed E-state index contributed by atoms with van der Waals surface area (Å²) in [4.78, 5) is 27.2. The van der Waals surface area contributed by atoms with Crippen molar-refractivity contribution in [3.63, 3.8) is 0 Å². The van der Waals surface area contributed by atoms with E-state index < -0.39 is 11.9 Å². The lowest BCUT2D eigenvalue weighted by atomic mass is 9.92. The molecule has 0 bridgehead atoms. The van der Waals surface area contributed by atoms with Crippen molar-refractivity contribution in [3.8, 4) is 0 Å². The SMILES string of the molecule is CC1CC(C)CN(C(=O)N2CCC[C@H](C(=O)O)C2)C1. The molecule has 0 aromatic heterocycles. The Morgan fingerprint density at radius 2 is 1.68 bits per heavy atom. The maximum atomic E-state index is 12.5. The van der Waals surface area contributed by atoms with Crippen LogP contribution in [0.3, 0.4) is 0 Å². The number of amides is 2. The zero-order valence-electron chi connectivity index (χ0n) is 11.8. The molecule has 2 fully saturated rings. The Balaban J connectivity index is 1.96. The number of carbonyl (C=O) groups is 2. The molecule has 108 valence electrons. The fourth-order valence-electron chi connectivity index (χ4n) is 3.37. The third-order valence-corrected chi connectivity index (χ3v) is 4.18. The molecule has 0 radical (unpaired) electrons. The molecule has 2 aliphatic rings. The Morgan fingerprint density at radius 3 is 2.26 bits per heavy atom. The van der Waals surface area contributed by atoms with E-state index in [1.807, 2.05) is 4.90 Å². The highest BCUT2D eigenvalue weighted by atomic mass is 16.4. The quantitative estimate of drug-likeness (QED) is 0.790. The van der Waals surface area contributed by atoms with Crippen LogP contribution in [0.2, 0.25) is 0 Å². The second-order valence-corrected chi connectivity index (χ2v) is 6.26. The van der Waals surface area contributed by atoms with Crippen LogP contribution in [0, 0.1) is 17.8 Å². The molecule has 0 aliphatic carbocycles. The van der Waals surface area contributed by atoms with Gasteiger partial charge in [0.15, 0.2) is 0 Å². The fourth-order valence-corrected chi connectivity index (χ4v) is 3.37. The highest BCUT2D eigenvalue weighted by Crippen LogP contribution is 2.24. The second kappa shape index (κ2) is 5.80. The summed E-state index contributed by atoms with van der Waals surface area (Å²) >= 11 is 0. The summed E-state index contributed by atoms with van der Waals surface area (Å²) in [6, 6.07) is 0.0318. The van der Waals surface area contributed by atoms with E-state index in [0.717, 1.165) is 19.5 Å². The van der Waals surface area contributed by atoms with E-state index in [1.54, 1.807) is 4.90 Å². The molecule has 2 aliphatic heterocycles. The van der Waals surface area contributed by atoms with Gasteiger partial charge >= 0.3 is 12.0 Å². The molecule has 0 spiro atoms. The molecular weight excluding hydrogens is 244 g/mol. The number of carbonyl (C=O) groups excluding carboxylic acids is 1. The van der Waals surface area contributed by atoms with Gasteiger partial charge in [0.2, 0.25) is 0 Å². The van der Waals surface area contributed by atoms with Gasteiger partial charge < -0.3 is 14.9 Å². The van der Waals surface area contributed by atoms with Crippen LogP contribution >= 0.6 is 0 Å². The molecule has 2 rings (SSSR count). The topological polar surface area (TPSA) is 60.9 Å². The summed E-state index contributed by atoms with van der Waals surface area (Å²) in [5.74, 6) is -0.101. The van der Waals surface area contributed by atoms with Crippen molar-refractivity contribution in [2.75, 3.05) is 26.2 Å². The van der Waals surface area contributed by atoms with Crippen LogP contribution in [0.15, 0.2) is 0 Å². The summed E-state index contributed by atoms with van der Waals surface area (Å²) < 4.78 is 0. The van der Waals surface area contributed by atoms with Crippen LogP contribution in [0.5, 0.6) is 0 Å². The van der Waals surface area contributed by atoms with Crippen LogP contribution in [0.25, 0.3) is 0 Å². The van der Waals surface area contributed by atoms with Gasteiger partial charge in [0.25, 0.3) is 0 Å². The molecule has 2 saturated heterocycles. The van der Waals surface area contributed by atoms with Gasteiger partial charge in [-0.15, -0.1) is 0 Å². The first-order chi connectivity index (χ1) is 8.97. The smallest absolute Gasteiger partial charge is 0.320 e. The number of hydrogen-bond donors (Lipinski definition) is 1. The van der Waals surface area contributed by atoms with Crippen molar-refractivity contribution in [1.29, 1.82) is 0 Å². The first-order valence-electron chi connectivity index (χ1n) is 7.24. The standard InChI is InChI=1S/C14H24N2O3/c1-10-6-11(2)8-16(7-10)14(19)15-5-3-4-12(9-15)13(17)18/h10-12H,3-9H2,1-2H3,(H,17,18)/t10?,11?,12-/m0/s1. The van der Waals surface area contributed by atoms with Gasteiger partial charge in [0.05, 0.1) is 5.92 Å². The minimum absolute atomic E-state index is 0.0318. The summed E-state index contributed by atoms with van der Waals surface area (Å²) in [6.45, 7) is 7.02. The number of urea groups is 1. The van der Waals surface area contributed by atoms with Crippen molar-refractivity contribution in [2.24, 2.45) is 17.8 Å². The first-order valence-corrected chi connectivity index (χ1v) is 7.24. The zero-order chi connectivity index (χ0) is 14.0. The number of likely N-dealkylation sites (tertiary alicyclic amines) is 2. The third-order valence-electron chi connectivity index (χ3n) is 4.18. The molecule has 0 saturated carbocycles. The number of carboxylic acid groups (broad SMARTS) is 1. The van der Waals surface area contributed by atoms with Gasteiger partial charge in [-0.25, -0.2) is 4.79 Å². The summed E-state index contributed by atoms with van der Waals surface area (Å²) in [6.07, 6.45) is 2.65. The minimum atomic E-state index is -0.780. The summed E-state index contributed by atoms with van der Waals surface area (Å²) in [7, 11) is 0. The largest absolute Gasteiger partial charge is 0.481 e. The Hall–Kier alpha value is -1.26. The van der Waals surface area contributed by atoms with E-state index in [2.05, 4.69) is 13.8 Å². The van der Waals surface area contributed by atoms with Crippen molar-refractivity contribution >= 4 is 12.0 Å². The Labute approximate surface area is 114 Å². The van der Waals surface area contributed by atoms with Crippen LogP contribution in [0.4, 0.5) is 4.79 Å². The maximum absolute atomic E-state index is 12.5. The van der Waals surface area contributed by atoms with Gasteiger partial charge in [-0.3, -0.25) is 4.79 Å². The lowest BCUT2D eigenvalue weighted by molar-refractivity contribution is -0.143. The van der Waals surface area contributed by atoms with E-state index in [0.29, 0.717) is 31.3 Å². The number of aliphatic carboxylic acids is 1. The Morgan fingerprint density at radius 1 is 1.05 bits per heavy atom. The van der Waals surface area contributed by atoms with Gasteiger partial charge in [0, 0.05) is 26.2 Å². The van der Waals surface area contributed by atoms with E-state index in [9.17, 15) is 9.59 Å². The highest BCUT2D eigenvalue weighted by molar-refractivity contribution is 5.76. The van der Waals surface area contributed by atoms with Crippen molar-refractivity contribution in [1.82, 2.24) is 9.80 Å². The Bertz CT molecular complexity index is 349. The molecule has 5 heteroatoms. The number of rotatable bonds is 1. The van der Waals surface area contributed by atoms with Gasteiger partial charge in [-0.05, 0) is 31.1 Å². The fraction of sp³-hybridized carbons (Fsp3) is 0.857. The molecule has 0 aromatic carbocycles. The summed E-state index contributed by atoms with van der Waals surface area (Å²) in [5, 5.41) is 9.08. The van der Waals surface area contributed by atoms with Crippen LogP contribution < -0.4 is 0 Å². The number of hydrogen-bond acceptors (Lipinski definition) is 2. The van der Waals surface area contributed by atoms with Gasteiger partial charge in [-0.1, -0.05) is 13.8 Å². The molecule has 19 heavy (non-hydrogen) atoms. The molecule has 0 aromatic rings. The van der Waals surface area contributed by atoms with Crippen molar-refractivity contribution < 1.29 is 14.7 Å². The van der Waals surface area contributed by atoms with Crippen molar-refractivity contribution in [2.45, 2.75) is 33.1 Å². The number of nitrogens with zero attached hydrogens (tertiary/aromatic N) is 2. The molecule has 3 atom stereocenters. The van der Waals surface area contributed by atoms with Crippen LogP contribution in [0.1, 0.15) is 33.1 Å². The van der Waals surface area contributed by atoms with Gasteiger partial charge in [0.1, 0.15) is 0 Å². The third kappa shape index (κ3) is 3.39. The van der Waals surface area contributed by atoms with Crippen molar-refractivity contribution in [3.05, 3.63) is 0 Å². The van der Waals surface area contributed by atoms with E-state index in [-0.39, 0.29) is 6.03 Å². The average molecular weight is 268 g/mol. The predicted octanol–water partition coefficient (Wildman–Crippen LogP) is 1.88. The highest BCUT2D eigenvalue weighted by Gasteiger charge is 2.33. The van der Waals surface area contributed by atoms with E-state index >= 15 is 0 Å². The first kappa shape index (κ1) is 14.2. The molecule has 5 nitrogen and oxygen atoms in total.